The van der Waals surface area contributed by atoms with Crippen LogP contribution in [0.3, 0.4) is 0 Å². The van der Waals surface area contributed by atoms with Crippen molar-refractivity contribution in [1.82, 2.24) is 0 Å². The molecule has 0 aromatic heterocycles. The zero-order valence-electron chi connectivity index (χ0n) is 15.5. The number of allylic oxidation sites excluding steroid dienone is 2. The second-order valence-corrected chi connectivity index (χ2v) is 8.20. The van der Waals surface area contributed by atoms with Gasteiger partial charge in [-0.15, -0.1) is 0 Å². The van der Waals surface area contributed by atoms with E-state index in [0.717, 1.165) is 12.0 Å². The van der Waals surface area contributed by atoms with Gasteiger partial charge in [0.25, 0.3) is 0 Å². The van der Waals surface area contributed by atoms with Crippen LogP contribution >= 0.6 is 11.6 Å². The molecule has 0 unspecified atom stereocenters. The summed E-state index contributed by atoms with van der Waals surface area (Å²) in [5, 5.41) is 0.620. The molecule has 0 spiro atoms. The van der Waals surface area contributed by atoms with Crippen molar-refractivity contribution in [2.24, 2.45) is 23.7 Å². The SMILES string of the molecule is O=C(OCc1ccc(Cl)cc1)c1ccc(N2C(=O)[C@H]3[C@H](C2=O)[C@H]2C=C[C@H]3C2)cc1. The lowest BCUT2D eigenvalue weighted by Crippen LogP contribution is -2.32. The fraction of sp³-hybridized carbons (Fsp3) is 0.261. The first-order valence-electron chi connectivity index (χ1n) is 9.61. The Hall–Kier alpha value is -2.92. The normalized spacial score (nSPS) is 26.9. The number of esters is 1. The third-order valence-electron chi connectivity index (χ3n) is 6.11. The van der Waals surface area contributed by atoms with E-state index in [0.29, 0.717) is 16.3 Å². The minimum Gasteiger partial charge on any atom is -0.457 e. The predicted octanol–water partition coefficient (Wildman–Crippen LogP) is 4.01. The van der Waals surface area contributed by atoms with E-state index in [-0.39, 0.29) is 42.1 Å². The van der Waals surface area contributed by atoms with Gasteiger partial charge in [-0.2, -0.15) is 0 Å². The second-order valence-electron chi connectivity index (χ2n) is 7.76. The Labute approximate surface area is 172 Å². The van der Waals surface area contributed by atoms with Gasteiger partial charge in [0.1, 0.15) is 6.61 Å². The summed E-state index contributed by atoms with van der Waals surface area (Å²) in [5.74, 6) is -0.848. The summed E-state index contributed by atoms with van der Waals surface area (Å²) in [6, 6.07) is 13.5. The van der Waals surface area contributed by atoms with Crippen molar-refractivity contribution < 1.29 is 19.1 Å². The fourth-order valence-corrected chi connectivity index (χ4v) is 4.84. The van der Waals surface area contributed by atoms with Crippen molar-refractivity contribution in [1.29, 1.82) is 0 Å². The maximum atomic E-state index is 12.9. The maximum Gasteiger partial charge on any atom is 0.338 e. The number of carbonyl (C=O) groups is 3. The van der Waals surface area contributed by atoms with Crippen molar-refractivity contribution in [3.05, 3.63) is 76.8 Å². The predicted molar refractivity (Wildman–Crippen MR) is 107 cm³/mol. The van der Waals surface area contributed by atoms with Gasteiger partial charge >= 0.3 is 5.97 Å². The van der Waals surface area contributed by atoms with E-state index >= 15 is 0 Å². The molecule has 146 valence electrons. The van der Waals surface area contributed by atoms with Crippen LogP contribution in [0.4, 0.5) is 5.69 Å². The van der Waals surface area contributed by atoms with Crippen LogP contribution in [-0.4, -0.2) is 17.8 Å². The van der Waals surface area contributed by atoms with E-state index in [2.05, 4.69) is 12.2 Å². The summed E-state index contributed by atoms with van der Waals surface area (Å²) in [7, 11) is 0. The number of hydrogen-bond donors (Lipinski definition) is 0. The number of hydrogen-bond acceptors (Lipinski definition) is 4. The Bertz CT molecular complexity index is 998. The van der Waals surface area contributed by atoms with Gasteiger partial charge in [0.2, 0.25) is 11.8 Å². The molecule has 5 rings (SSSR count). The minimum absolute atomic E-state index is 0.130. The Balaban J connectivity index is 1.28. The topological polar surface area (TPSA) is 63.7 Å². The van der Waals surface area contributed by atoms with Crippen LogP contribution in [0.5, 0.6) is 0 Å². The Morgan fingerprint density at radius 3 is 2.10 bits per heavy atom. The van der Waals surface area contributed by atoms with Crippen LogP contribution in [-0.2, 0) is 20.9 Å². The number of ether oxygens (including phenoxy) is 1. The average Bonchev–Trinajstić information content (AvgIpc) is 3.41. The highest BCUT2D eigenvalue weighted by atomic mass is 35.5. The van der Waals surface area contributed by atoms with Gasteiger partial charge in [-0.3, -0.25) is 14.5 Å². The van der Waals surface area contributed by atoms with E-state index in [1.807, 2.05) is 0 Å². The third kappa shape index (κ3) is 2.97. The smallest absolute Gasteiger partial charge is 0.338 e. The minimum atomic E-state index is -0.468. The summed E-state index contributed by atoms with van der Waals surface area (Å²) in [4.78, 5) is 39.3. The first-order valence-corrected chi connectivity index (χ1v) is 9.98. The van der Waals surface area contributed by atoms with Crippen molar-refractivity contribution in [3.63, 3.8) is 0 Å². The van der Waals surface area contributed by atoms with Crippen LogP contribution in [0.15, 0.2) is 60.7 Å². The molecule has 2 bridgehead atoms. The van der Waals surface area contributed by atoms with Crippen molar-refractivity contribution in [3.8, 4) is 0 Å². The summed E-state index contributed by atoms with van der Waals surface area (Å²) in [6.07, 6.45) is 5.04. The van der Waals surface area contributed by atoms with Crippen LogP contribution in [0.2, 0.25) is 5.02 Å². The van der Waals surface area contributed by atoms with Gasteiger partial charge in [0.15, 0.2) is 0 Å². The Kier molecular flexibility index (Phi) is 4.28. The molecule has 29 heavy (non-hydrogen) atoms. The second kappa shape index (κ2) is 6.85. The molecule has 2 amide bonds. The highest BCUT2D eigenvalue weighted by molar-refractivity contribution is 6.30. The van der Waals surface area contributed by atoms with Gasteiger partial charge in [-0.05, 0) is 60.2 Å². The number of imide groups is 1. The van der Waals surface area contributed by atoms with Crippen LogP contribution < -0.4 is 4.90 Å². The standard InChI is InChI=1S/C23H18ClNO4/c24-17-7-1-13(2-8-17)12-29-23(28)14-5-9-18(10-6-14)25-21(26)19-15-3-4-16(11-15)20(19)22(25)27/h1-10,15-16,19-20H,11-12H2/t15-,16-,19+,20+/m0/s1. The molecule has 0 N–H and O–H groups in total. The van der Waals surface area contributed by atoms with Crippen molar-refractivity contribution in [2.75, 3.05) is 4.90 Å². The summed E-state index contributed by atoms with van der Waals surface area (Å²) >= 11 is 5.85. The number of benzene rings is 2. The quantitative estimate of drug-likeness (QED) is 0.436. The zero-order chi connectivity index (χ0) is 20.1. The lowest BCUT2D eigenvalue weighted by atomic mass is 9.85. The molecule has 1 saturated heterocycles. The van der Waals surface area contributed by atoms with Crippen molar-refractivity contribution in [2.45, 2.75) is 13.0 Å². The van der Waals surface area contributed by atoms with Gasteiger partial charge < -0.3 is 4.74 Å². The highest BCUT2D eigenvalue weighted by Crippen LogP contribution is 2.53. The fourth-order valence-electron chi connectivity index (χ4n) is 4.72. The van der Waals surface area contributed by atoms with Gasteiger partial charge in [0, 0.05) is 5.02 Å². The number of nitrogens with zero attached hydrogens (tertiary/aromatic N) is 1. The first kappa shape index (κ1) is 18.1. The molecule has 3 aliphatic rings. The van der Waals surface area contributed by atoms with Gasteiger partial charge in [-0.1, -0.05) is 35.9 Å². The van der Waals surface area contributed by atoms with Crippen LogP contribution in [0, 0.1) is 23.7 Å². The molecule has 4 atom stereocenters. The third-order valence-corrected chi connectivity index (χ3v) is 6.37. The molecule has 1 saturated carbocycles. The molecular formula is C23H18ClNO4. The monoisotopic (exact) mass is 407 g/mol. The van der Waals surface area contributed by atoms with Gasteiger partial charge in [0.05, 0.1) is 23.1 Å². The average molecular weight is 408 g/mol. The van der Waals surface area contributed by atoms with Crippen LogP contribution in [0.1, 0.15) is 22.3 Å². The van der Waals surface area contributed by atoms with E-state index in [1.54, 1.807) is 48.5 Å². The van der Waals surface area contributed by atoms with E-state index < -0.39 is 5.97 Å². The number of anilines is 1. The molecule has 5 nitrogen and oxygen atoms in total. The number of rotatable bonds is 4. The Morgan fingerprint density at radius 2 is 1.52 bits per heavy atom. The maximum absolute atomic E-state index is 12.9. The molecule has 6 heteroatoms. The number of carbonyl (C=O) groups excluding carboxylic acids is 3. The number of halogens is 1. The number of amides is 2. The molecule has 2 aromatic rings. The molecule has 2 aromatic carbocycles. The summed E-state index contributed by atoms with van der Waals surface area (Å²) in [5.41, 5.74) is 1.70. The molecular weight excluding hydrogens is 390 g/mol. The van der Waals surface area contributed by atoms with E-state index in [1.165, 1.54) is 4.90 Å². The molecule has 1 aliphatic heterocycles. The molecule has 1 heterocycles. The Morgan fingerprint density at radius 1 is 0.931 bits per heavy atom. The lowest BCUT2D eigenvalue weighted by Gasteiger charge is -2.17. The molecule has 2 fully saturated rings. The van der Waals surface area contributed by atoms with E-state index in [9.17, 15) is 14.4 Å². The summed E-state index contributed by atoms with van der Waals surface area (Å²) < 4.78 is 5.32. The van der Waals surface area contributed by atoms with Crippen molar-refractivity contribution >= 4 is 35.1 Å². The first-order chi connectivity index (χ1) is 14.0. The van der Waals surface area contributed by atoms with Gasteiger partial charge in [-0.25, -0.2) is 4.79 Å². The lowest BCUT2D eigenvalue weighted by molar-refractivity contribution is -0.123. The molecule has 2 aliphatic carbocycles. The highest BCUT2D eigenvalue weighted by Gasteiger charge is 2.59. The zero-order valence-corrected chi connectivity index (χ0v) is 16.2. The van der Waals surface area contributed by atoms with E-state index in [4.69, 9.17) is 16.3 Å². The number of fused-ring (bicyclic) bond motifs is 5. The largest absolute Gasteiger partial charge is 0.457 e. The summed E-state index contributed by atoms with van der Waals surface area (Å²) in [6.45, 7) is 0.139. The molecule has 0 radical (unpaired) electrons. The van der Waals surface area contributed by atoms with Crippen LogP contribution in [0.25, 0.3) is 0 Å².